The van der Waals surface area contributed by atoms with Crippen molar-refractivity contribution >= 4 is 11.4 Å². The summed E-state index contributed by atoms with van der Waals surface area (Å²) < 4.78 is 10.2. The molecule has 1 aliphatic rings. The van der Waals surface area contributed by atoms with Crippen LogP contribution in [0.4, 0.5) is 11.4 Å². The van der Waals surface area contributed by atoms with E-state index in [1.54, 1.807) is 12.1 Å². The van der Waals surface area contributed by atoms with Crippen molar-refractivity contribution in [3.8, 4) is 11.5 Å². The maximum Gasteiger partial charge on any atom is 0.231 e. The van der Waals surface area contributed by atoms with Crippen LogP contribution in [0.5, 0.6) is 11.5 Å². The summed E-state index contributed by atoms with van der Waals surface area (Å²) >= 11 is 0. The fraction of sp³-hybridized carbons (Fsp3) is 0.143. The Bertz CT molecular complexity index is 299. The van der Waals surface area contributed by atoms with Gasteiger partial charge in [0.25, 0.3) is 0 Å². The molecule has 0 bridgehead atoms. The van der Waals surface area contributed by atoms with Gasteiger partial charge in [0.05, 0.1) is 5.69 Å². The first kappa shape index (κ1) is 6.15. The second-order valence-corrected chi connectivity index (χ2v) is 2.34. The lowest BCUT2D eigenvalue weighted by atomic mass is 10.2. The number of hydrogen-bond acceptors (Lipinski definition) is 4. The van der Waals surface area contributed by atoms with E-state index < -0.39 is 0 Å². The third kappa shape index (κ3) is 0.832. The minimum Gasteiger partial charge on any atom is -0.453 e. The zero-order chi connectivity index (χ0) is 7.84. The molecule has 1 aliphatic heterocycles. The van der Waals surface area contributed by atoms with Crippen molar-refractivity contribution in [2.24, 2.45) is 0 Å². The molecular weight excluding hydrogens is 144 g/mol. The molecule has 0 spiro atoms. The SMILES string of the molecule is Nc1cc(N)c2c(c1)OCO2. The Labute approximate surface area is 63.7 Å². The smallest absolute Gasteiger partial charge is 0.231 e. The standard InChI is InChI=1S/C7H8N2O2/c8-4-1-5(9)7-6(2-4)10-3-11-7/h1-2H,3,8-9H2. The minimum absolute atomic E-state index is 0.225. The Balaban J connectivity index is 2.60. The molecule has 11 heavy (non-hydrogen) atoms. The summed E-state index contributed by atoms with van der Waals surface area (Å²) in [6.45, 7) is 0.225. The summed E-state index contributed by atoms with van der Waals surface area (Å²) in [7, 11) is 0. The molecular formula is C7H8N2O2. The second kappa shape index (κ2) is 1.95. The largest absolute Gasteiger partial charge is 0.453 e. The van der Waals surface area contributed by atoms with Crippen molar-refractivity contribution < 1.29 is 9.47 Å². The van der Waals surface area contributed by atoms with E-state index in [0.717, 1.165) is 0 Å². The molecule has 0 aliphatic carbocycles. The van der Waals surface area contributed by atoms with Gasteiger partial charge in [-0.3, -0.25) is 0 Å². The van der Waals surface area contributed by atoms with Crippen molar-refractivity contribution in [2.75, 3.05) is 18.3 Å². The van der Waals surface area contributed by atoms with Gasteiger partial charge in [0, 0.05) is 11.8 Å². The fourth-order valence-electron chi connectivity index (χ4n) is 1.06. The van der Waals surface area contributed by atoms with Crippen molar-refractivity contribution in [1.29, 1.82) is 0 Å². The van der Waals surface area contributed by atoms with Crippen LogP contribution in [0.25, 0.3) is 0 Å². The third-order valence-corrected chi connectivity index (χ3v) is 1.52. The van der Waals surface area contributed by atoms with Gasteiger partial charge in [0.15, 0.2) is 11.5 Å². The lowest BCUT2D eigenvalue weighted by Crippen LogP contribution is -1.94. The highest BCUT2D eigenvalue weighted by atomic mass is 16.7. The molecule has 4 nitrogen and oxygen atoms in total. The van der Waals surface area contributed by atoms with Gasteiger partial charge in [-0.15, -0.1) is 0 Å². The molecule has 1 aromatic carbocycles. The summed E-state index contributed by atoms with van der Waals surface area (Å²) in [5, 5.41) is 0. The first-order chi connectivity index (χ1) is 5.27. The predicted octanol–water partition coefficient (Wildman–Crippen LogP) is 0.580. The molecule has 0 amide bonds. The summed E-state index contributed by atoms with van der Waals surface area (Å²) in [4.78, 5) is 0. The van der Waals surface area contributed by atoms with Crippen LogP contribution in [0.3, 0.4) is 0 Å². The van der Waals surface area contributed by atoms with E-state index in [1.165, 1.54) is 0 Å². The molecule has 2 rings (SSSR count). The van der Waals surface area contributed by atoms with Crippen molar-refractivity contribution in [2.45, 2.75) is 0 Å². The number of anilines is 2. The van der Waals surface area contributed by atoms with E-state index in [9.17, 15) is 0 Å². The highest BCUT2D eigenvalue weighted by Crippen LogP contribution is 2.39. The number of nitrogens with two attached hydrogens (primary N) is 2. The van der Waals surface area contributed by atoms with Crippen LogP contribution in [-0.4, -0.2) is 6.79 Å². The van der Waals surface area contributed by atoms with Crippen LogP contribution in [0, 0.1) is 0 Å². The Morgan fingerprint density at radius 2 is 2.00 bits per heavy atom. The van der Waals surface area contributed by atoms with Crippen molar-refractivity contribution in [3.63, 3.8) is 0 Å². The molecule has 4 N–H and O–H groups in total. The van der Waals surface area contributed by atoms with Crippen LogP contribution < -0.4 is 20.9 Å². The Morgan fingerprint density at radius 1 is 1.18 bits per heavy atom. The second-order valence-electron chi connectivity index (χ2n) is 2.34. The zero-order valence-electron chi connectivity index (χ0n) is 5.83. The molecule has 0 unspecified atom stereocenters. The lowest BCUT2D eigenvalue weighted by Gasteiger charge is -2.00. The van der Waals surface area contributed by atoms with E-state index in [-0.39, 0.29) is 6.79 Å². The molecule has 0 atom stereocenters. The van der Waals surface area contributed by atoms with E-state index in [1.807, 2.05) is 0 Å². The molecule has 58 valence electrons. The van der Waals surface area contributed by atoms with Gasteiger partial charge in [-0.05, 0) is 6.07 Å². The van der Waals surface area contributed by atoms with Crippen LogP contribution in [0.2, 0.25) is 0 Å². The third-order valence-electron chi connectivity index (χ3n) is 1.52. The molecule has 0 fully saturated rings. The molecule has 1 heterocycles. The summed E-state index contributed by atoms with van der Waals surface area (Å²) in [6.07, 6.45) is 0. The van der Waals surface area contributed by atoms with Gasteiger partial charge in [-0.25, -0.2) is 0 Å². The monoisotopic (exact) mass is 152 g/mol. The Kier molecular flexibility index (Phi) is 1.09. The first-order valence-electron chi connectivity index (χ1n) is 3.22. The number of fused-ring (bicyclic) bond motifs is 1. The average Bonchev–Trinajstić information content (AvgIpc) is 2.34. The number of benzene rings is 1. The first-order valence-corrected chi connectivity index (χ1v) is 3.22. The number of hydrogen-bond donors (Lipinski definition) is 2. The van der Waals surface area contributed by atoms with Crippen LogP contribution in [0.1, 0.15) is 0 Å². The molecule has 0 radical (unpaired) electrons. The van der Waals surface area contributed by atoms with Crippen LogP contribution >= 0.6 is 0 Å². The molecule has 0 aromatic heterocycles. The maximum absolute atomic E-state index is 5.59. The van der Waals surface area contributed by atoms with Gasteiger partial charge < -0.3 is 20.9 Å². The Morgan fingerprint density at radius 3 is 2.82 bits per heavy atom. The molecule has 0 saturated heterocycles. The topological polar surface area (TPSA) is 70.5 Å². The van der Waals surface area contributed by atoms with Gasteiger partial charge >= 0.3 is 0 Å². The highest BCUT2D eigenvalue weighted by Gasteiger charge is 2.16. The minimum atomic E-state index is 0.225. The summed E-state index contributed by atoms with van der Waals surface area (Å²) in [5.74, 6) is 1.22. The number of nitrogen functional groups attached to an aromatic ring is 2. The van der Waals surface area contributed by atoms with Crippen molar-refractivity contribution in [3.05, 3.63) is 12.1 Å². The van der Waals surface area contributed by atoms with Gasteiger partial charge in [-0.2, -0.15) is 0 Å². The van der Waals surface area contributed by atoms with E-state index >= 15 is 0 Å². The van der Waals surface area contributed by atoms with Crippen LogP contribution in [0.15, 0.2) is 12.1 Å². The molecule has 4 heteroatoms. The van der Waals surface area contributed by atoms with Crippen molar-refractivity contribution in [1.82, 2.24) is 0 Å². The van der Waals surface area contributed by atoms with Gasteiger partial charge in [0.1, 0.15) is 0 Å². The Hall–Kier alpha value is -1.58. The van der Waals surface area contributed by atoms with Gasteiger partial charge in [0.2, 0.25) is 6.79 Å². The van der Waals surface area contributed by atoms with E-state index in [2.05, 4.69) is 0 Å². The zero-order valence-corrected chi connectivity index (χ0v) is 5.83. The average molecular weight is 152 g/mol. The highest BCUT2D eigenvalue weighted by molar-refractivity contribution is 5.68. The molecule has 1 aromatic rings. The lowest BCUT2D eigenvalue weighted by molar-refractivity contribution is 0.174. The maximum atomic E-state index is 5.59. The van der Waals surface area contributed by atoms with E-state index in [0.29, 0.717) is 22.9 Å². The van der Waals surface area contributed by atoms with Crippen LogP contribution in [-0.2, 0) is 0 Å². The summed E-state index contributed by atoms with van der Waals surface area (Å²) in [6, 6.07) is 3.34. The quantitative estimate of drug-likeness (QED) is 0.533. The van der Waals surface area contributed by atoms with Gasteiger partial charge in [-0.1, -0.05) is 0 Å². The fourth-order valence-corrected chi connectivity index (χ4v) is 1.06. The summed E-state index contributed by atoms with van der Waals surface area (Å²) in [5.41, 5.74) is 12.2. The van der Waals surface area contributed by atoms with E-state index in [4.69, 9.17) is 20.9 Å². The molecule has 0 saturated carbocycles. The normalized spacial score (nSPS) is 13.5. The number of rotatable bonds is 0. The predicted molar refractivity (Wildman–Crippen MR) is 41.4 cm³/mol. The number of ether oxygens (including phenoxy) is 2.